The number of allylic oxidation sites excluding steroid dienone is 3. The first-order valence-electron chi connectivity index (χ1n) is 10.3. The van der Waals surface area contributed by atoms with E-state index in [0.29, 0.717) is 12.8 Å². The van der Waals surface area contributed by atoms with Gasteiger partial charge in [-0.2, -0.15) is 0 Å². The summed E-state index contributed by atoms with van der Waals surface area (Å²) in [5.41, 5.74) is 3.94. The molecule has 0 saturated heterocycles. The maximum absolute atomic E-state index is 11.8. The zero-order valence-electron chi connectivity index (χ0n) is 18.5. The lowest BCUT2D eigenvalue weighted by atomic mass is 9.87. The standard InChI is InChI=1S/C24H36O5/c1-16(2)22-12-10-17(3)8-7-9-18(4)23(27)13-11-21(15-28-19(5)25)14-24(22)29-20(6)26/h8-9,14,22-24,27H,1,7,10-13,15H2,2-6H3/b17-8+,18-9?,21-14+/t22-,23+,24+/m1/s1. The molecule has 29 heavy (non-hydrogen) atoms. The first-order chi connectivity index (χ1) is 13.6. The fourth-order valence-corrected chi connectivity index (χ4v) is 3.36. The highest BCUT2D eigenvalue weighted by Crippen LogP contribution is 2.28. The summed E-state index contributed by atoms with van der Waals surface area (Å²) in [6.45, 7) is 12.9. The molecule has 1 rings (SSSR count). The SMILES string of the molecule is C=C(C)[C@H]1CC/C(C)=C/CC=C(C)[C@@H](O)CC/C(COC(C)=O)=C\[C@@H]1OC(C)=O. The predicted molar refractivity (Wildman–Crippen MR) is 115 cm³/mol. The van der Waals surface area contributed by atoms with E-state index >= 15 is 0 Å². The van der Waals surface area contributed by atoms with E-state index in [-0.39, 0.29) is 24.5 Å². The molecule has 0 unspecified atom stereocenters. The molecule has 0 fully saturated rings. The van der Waals surface area contributed by atoms with Crippen LogP contribution in [0.4, 0.5) is 0 Å². The average Bonchev–Trinajstić information content (AvgIpc) is 2.61. The predicted octanol–water partition coefficient (Wildman–Crippen LogP) is 4.82. The number of esters is 2. The Morgan fingerprint density at radius 2 is 1.79 bits per heavy atom. The molecule has 1 N–H and O–H groups in total. The lowest BCUT2D eigenvalue weighted by Crippen LogP contribution is -2.26. The number of aliphatic hydroxyl groups excluding tert-OH is 1. The number of hydrogen-bond acceptors (Lipinski definition) is 5. The Balaban J connectivity index is 3.30. The maximum Gasteiger partial charge on any atom is 0.303 e. The van der Waals surface area contributed by atoms with Crippen LogP contribution in [0.5, 0.6) is 0 Å². The number of aliphatic hydroxyl groups is 1. The van der Waals surface area contributed by atoms with Crippen LogP contribution in [0, 0.1) is 5.92 Å². The van der Waals surface area contributed by atoms with Gasteiger partial charge < -0.3 is 14.6 Å². The van der Waals surface area contributed by atoms with Crippen LogP contribution in [-0.4, -0.2) is 35.9 Å². The smallest absolute Gasteiger partial charge is 0.303 e. The molecule has 0 aromatic carbocycles. The molecular weight excluding hydrogens is 368 g/mol. The van der Waals surface area contributed by atoms with Crippen LogP contribution in [0.2, 0.25) is 0 Å². The van der Waals surface area contributed by atoms with Crippen molar-refractivity contribution >= 4 is 11.9 Å². The van der Waals surface area contributed by atoms with Crippen molar-refractivity contribution in [3.05, 3.63) is 47.1 Å². The molecular formula is C24H36O5. The molecule has 0 radical (unpaired) electrons. The van der Waals surface area contributed by atoms with Gasteiger partial charge in [-0.25, -0.2) is 0 Å². The first-order valence-corrected chi connectivity index (χ1v) is 10.3. The molecule has 0 aliphatic heterocycles. The van der Waals surface area contributed by atoms with Crippen LogP contribution < -0.4 is 0 Å². The van der Waals surface area contributed by atoms with Gasteiger partial charge >= 0.3 is 11.9 Å². The highest BCUT2D eigenvalue weighted by atomic mass is 16.5. The molecule has 0 spiro atoms. The Kier molecular flexibility index (Phi) is 10.7. The lowest BCUT2D eigenvalue weighted by Gasteiger charge is -2.26. The van der Waals surface area contributed by atoms with Gasteiger partial charge in [-0.1, -0.05) is 29.9 Å². The van der Waals surface area contributed by atoms with Crippen molar-refractivity contribution in [2.75, 3.05) is 6.61 Å². The topological polar surface area (TPSA) is 72.8 Å². The maximum atomic E-state index is 11.8. The van der Waals surface area contributed by atoms with Crippen LogP contribution in [0.3, 0.4) is 0 Å². The summed E-state index contributed by atoms with van der Waals surface area (Å²) < 4.78 is 10.8. The molecule has 0 aromatic rings. The summed E-state index contributed by atoms with van der Waals surface area (Å²) in [6.07, 6.45) is 8.51. The van der Waals surface area contributed by atoms with E-state index < -0.39 is 12.2 Å². The van der Waals surface area contributed by atoms with E-state index in [0.717, 1.165) is 36.0 Å². The quantitative estimate of drug-likeness (QED) is 0.537. The molecule has 0 heterocycles. The van der Waals surface area contributed by atoms with Gasteiger partial charge in [0.05, 0.1) is 6.10 Å². The Bertz CT molecular complexity index is 683. The van der Waals surface area contributed by atoms with Gasteiger partial charge in [-0.15, -0.1) is 0 Å². The molecule has 0 aromatic heterocycles. The molecule has 0 bridgehead atoms. The third kappa shape index (κ3) is 9.75. The van der Waals surface area contributed by atoms with E-state index in [2.05, 4.69) is 19.6 Å². The second-order valence-electron chi connectivity index (χ2n) is 7.96. The first kappa shape index (κ1) is 24.9. The number of hydrogen-bond donors (Lipinski definition) is 1. The minimum atomic E-state index is -0.573. The van der Waals surface area contributed by atoms with Crippen LogP contribution >= 0.6 is 0 Å². The van der Waals surface area contributed by atoms with Crippen LogP contribution in [0.1, 0.15) is 66.7 Å². The normalized spacial score (nSPS) is 27.9. The third-order valence-electron chi connectivity index (χ3n) is 5.21. The third-order valence-corrected chi connectivity index (χ3v) is 5.21. The zero-order valence-corrected chi connectivity index (χ0v) is 18.5. The highest BCUT2D eigenvalue weighted by molar-refractivity contribution is 5.66. The fraction of sp³-hybridized carbons (Fsp3) is 0.583. The molecule has 0 saturated carbocycles. The molecule has 5 heteroatoms. The van der Waals surface area contributed by atoms with E-state index in [1.54, 1.807) is 0 Å². The van der Waals surface area contributed by atoms with Crippen molar-refractivity contribution in [1.82, 2.24) is 0 Å². The molecule has 1 aliphatic carbocycles. The monoisotopic (exact) mass is 404 g/mol. The second-order valence-corrected chi connectivity index (χ2v) is 7.96. The minimum absolute atomic E-state index is 0.0419. The van der Waals surface area contributed by atoms with E-state index in [9.17, 15) is 14.7 Å². The molecule has 3 atom stereocenters. The summed E-state index contributed by atoms with van der Waals surface area (Å²) in [6, 6.07) is 0. The van der Waals surface area contributed by atoms with Crippen molar-refractivity contribution in [3.8, 4) is 0 Å². The van der Waals surface area contributed by atoms with E-state index in [4.69, 9.17) is 9.47 Å². The highest BCUT2D eigenvalue weighted by Gasteiger charge is 2.24. The van der Waals surface area contributed by atoms with Crippen LogP contribution in [0.15, 0.2) is 47.1 Å². The lowest BCUT2D eigenvalue weighted by molar-refractivity contribution is -0.146. The average molecular weight is 405 g/mol. The number of rotatable bonds is 4. The van der Waals surface area contributed by atoms with Crippen LogP contribution in [0.25, 0.3) is 0 Å². The summed E-state index contributed by atoms with van der Waals surface area (Å²) in [4.78, 5) is 23.1. The summed E-state index contributed by atoms with van der Waals surface area (Å²) >= 11 is 0. The summed E-state index contributed by atoms with van der Waals surface area (Å²) in [5.74, 6) is -0.778. The van der Waals surface area contributed by atoms with Gasteiger partial charge in [0.15, 0.2) is 0 Å². The van der Waals surface area contributed by atoms with Crippen LogP contribution in [-0.2, 0) is 19.1 Å². The molecule has 162 valence electrons. The largest absolute Gasteiger partial charge is 0.461 e. The number of ether oxygens (including phenoxy) is 2. The number of carbonyl (C=O) groups excluding carboxylic acids is 2. The minimum Gasteiger partial charge on any atom is -0.461 e. The number of carbonyl (C=O) groups is 2. The molecule has 1 aliphatic rings. The van der Waals surface area contributed by atoms with E-state index in [1.807, 2.05) is 26.0 Å². The van der Waals surface area contributed by atoms with Crippen molar-refractivity contribution in [1.29, 1.82) is 0 Å². The summed E-state index contributed by atoms with van der Waals surface area (Å²) in [5, 5.41) is 10.5. The Labute approximate surface area is 175 Å². The molecule has 5 nitrogen and oxygen atoms in total. The van der Waals surface area contributed by atoms with E-state index in [1.165, 1.54) is 19.4 Å². The second kappa shape index (κ2) is 12.4. The van der Waals surface area contributed by atoms with Gasteiger partial charge in [0.2, 0.25) is 0 Å². The Morgan fingerprint density at radius 1 is 1.10 bits per heavy atom. The molecule has 0 amide bonds. The van der Waals surface area contributed by atoms with Gasteiger partial charge in [-0.3, -0.25) is 9.59 Å². The van der Waals surface area contributed by atoms with Crippen molar-refractivity contribution in [2.45, 2.75) is 78.9 Å². The summed E-state index contributed by atoms with van der Waals surface area (Å²) in [7, 11) is 0. The Hall–Kier alpha value is -2.14. The van der Waals surface area contributed by atoms with Gasteiger partial charge in [0, 0.05) is 19.8 Å². The van der Waals surface area contributed by atoms with Gasteiger partial charge in [-0.05, 0) is 70.1 Å². The zero-order chi connectivity index (χ0) is 22.0. The van der Waals surface area contributed by atoms with Gasteiger partial charge in [0.1, 0.15) is 12.7 Å². The van der Waals surface area contributed by atoms with Crippen molar-refractivity contribution in [2.24, 2.45) is 5.92 Å². The van der Waals surface area contributed by atoms with Crippen molar-refractivity contribution < 1.29 is 24.2 Å². The van der Waals surface area contributed by atoms with Crippen molar-refractivity contribution in [3.63, 3.8) is 0 Å². The Morgan fingerprint density at radius 3 is 2.38 bits per heavy atom. The van der Waals surface area contributed by atoms with Gasteiger partial charge in [0.25, 0.3) is 0 Å². The fourth-order valence-electron chi connectivity index (χ4n) is 3.36.